The fraction of sp³-hybridized carbons (Fsp3) is 0.308. The lowest BCUT2D eigenvalue weighted by atomic mass is 10.2. The van der Waals surface area contributed by atoms with Crippen LogP contribution < -0.4 is 5.73 Å². The summed E-state index contributed by atoms with van der Waals surface area (Å²) in [6.07, 6.45) is 2.34. The molecule has 1 aromatic carbocycles. The zero-order valence-corrected chi connectivity index (χ0v) is 9.85. The third-order valence-electron chi connectivity index (χ3n) is 2.66. The van der Waals surface area contributed by atoms with Crippen molar-refractivity contribution < 1.29 is 9.53 Å². The lowest BCUT2D eigenvalue weighted by Crippen LogP contribution is -2.08. The first-order chi connectivity index (χ1) is 8.20. The fourth-order valence-corrected chi connectivity index (χ4v) is 1.84. The summed E-state index contributed by atoms with van der Waals surface area (Å²) in [5.41, 5.74) is 7.53. The van der Waals surface area contributed by atoms with Crippen molar-refractivity contribution in [2.45, 2.75) is 19.9 Å². The summed E-state index contributed by atoms with van der Waals surface area (Å²) in [6.45, 7) is 2.85. The standard InChI is InChI=1S/C13H16N2O2/c1-2-17-13(16)6-8-15-7-5-10-3-4-11(14)9-12(10)15/h3-5,7,9H,2,6,8,14H2,1H3. The molecule has 0 aliphatic heterocycles. The first-order valence-corrected chi connectivity index (χ1v) is 5.70. The van der Waals surface area contributed by atoms with Gasteiger partial charge in [-0.1, -0.05) is 6.07 Å². The Balaban J connectivity index is 2.13. The molecular formula is C13H16N2O2. The van der Waals surface area contributed by atoms with Crippen LogP contribution in [0, 0.1) is 0 Å². The molecule has 2 rings (SSSR count). The molecule has 0 unspecified atom stereocenters. The summed E-state index contributed by atoms with van der Waals surface area (Å²) in [6, 6.07) is 7.78. The number of anilines is 1. The average Bonchev–Trinajstić information content (AvgIpc) is 2.69. The number of esters is 1. The maximum absolute atomic E-state index is 11.3. The molecule has 0 bridgehead atoms. The number of benzene rings is 1. The van der Waals surface area contributed by atoms with Gasteiger partial charge in [0.2, 0.25) is 0 Å². The van der Waals surface area contributed by atoms with Crippen molar-refractivity contribution >= 4 is 22.6 Å². The molecule has 1 heterocycles. The van der Waals surface area contributed by atoms with Crippen LogP contribution in [0.3, 0.4) is 0 Å². The van der Waals surface area contributed by atoms with Crippen molar-refractivity contribution in [1.82, 2.24) is 4.57 Å². The molecule has 17 heavy (non-hydrogen) atoms. The number of nitrogens with zero attached hydrogens (tertiary/aromatic N) is 1. The zero-order chi connectivity index (χ0) is 12.3. The Labute approximate surface area is 100.0 Å². The summed E-state index contributed by atoms with van der Waals surface area (Å²) in [5.74, 6) is -0.168. The minimum atomic E-state index is -0.168. The lowest BCUT2D eigenvalue weighted by molar-refractivity contribution is -0.143. The molecule has 0 saturated carbocycles. The van der Waals surface area contributed by atoms with E-state index in [1.807, 2.05) is 42.0 Å². The van der Waals surface area contributed by atoms with E-state index in [0.29, 0.717) is 19.6 Å². The Hall–Kier alpha value is -1.97. The highest BCUT2D eigenvalue weighted by atomic mass is 16.5. The van der Waals surface area contributed by atoms with Crippen molar-refractivity contribution in [2.24, 2.45) is 0 Å². The maximum atomic E-state index is 11.3. The Morgan fingerprint density at radius 2 is 2.24 bits per heavy atom. The number of nitrogens with two attached hydrogens (primary N) is 1. The van der Waals surface area contributed by atoms with Gasteiger partial charge in [-0.15, -0.1) is 0 Å². The second-order valence-corrected chi connectivity index (χ2v) is 3.88. The molecule has 1 aromatic heterocycles. The molecule has 0 fully saturated rings. The largest absolute Gasteiger partial charge is 0.466 e. The van der Waals surface area contributed by atoms with Gasteiger partial charge >= 0.3 is 5.97 Å². The number of aromatic nitrogens is 1. The number of rotatable bonds is 4. The van der Waals surface area contributed by atoms with Crippen LogP contribution in [0.5, 0.6) is 0 Å². The summed E-state index contributed by atoms with van der Waals surface area (Å²) >= 11 is 0. The van der Waals surface area contributed by atoms with E-state index in [1.165, 1.54) is 0 Å². The van der Waals surface area contributed by atoms with E-state index >= 15 is 0 Å². The van der Waals surface area contributed by atoms with Crippen LogP contribution in [0.25, 0.3) is 10.9 Å². The highest BCUT2D eigenvalue weighted by molar-refractivity contribution is 5.83. The molecule has 0 spiro atoms. The minimum absolute atomic E-state index is 0.168. The first kappa shape index (κ1) is 11.5. The van der Waals surface area contributed by atoms with E-state index in [1.54, 1.807) is 0 Å². The molecule has 4 nitrogen and oxygen atoms in total. The van der Waals surface area contributed by atoms with Crippen molar-refractivity contribution in [3.05, 3.63) is 30.5 Å². The van der Waals surface area contributed by atoms with E-state index in [0.717, 1.165) is 16.6 Å². The van der Waals surface area contributed by atoms with E-state index < -0.39 is 0 Å². The summed E-state index contributed by atoms with van der Waals surface area (Å²) in [5, 5.41) is 1.13. The number of aryl methyl sites for hydroxylation is 1. The number of ether oxygens (including phenoxy) is 1. The van der Waals surface area contributed by atoms with Gasteiger partial charge in [0.05, 0.1) is 18.5 Å². The van der Waals surface area contributed by atoms with Crippen LogP contribution in [-0.2, 0) is 16.1 Å². The van der Waals surface area contributed by atoms with E-state index in [-0.39, 0.29) is 5.97 Å². The van der Waals surface area contributed by atoms with Crippen LogP contribution in [-0.4, -0.2) is 17.1 Å². The van der Waals surface area contributed by atoms with E-state index in [2.05, 4.69) is 0 Å². The smallest absolute Gasteiger partial charge is 0.307 e. The van der Waals surface area contributed by atoms with Gasteiger partial charge in [-0.05, 0) is 30.5 Å². The monoisotopic (exact) mass is 232 g/mol. The van der Waals surface area contributed by atoms with E-state index in [4.69, 9.17) is 10.5 Å². The third kappa shape index (κ3) is 2.58. The minimum Gasteiger partial charge on any atom is -0.466 e. The molecular weight excluding hydrogens is 216 g/mol. The second kappa shape index (κ2) is 4.91. The highest BCUT2D eigenvalue weighted by Crippen LogP contribution is 2.19. The second-order valence-electron chi connectivity index (χ2n) is 3.88. The zero-order valence-electron chi connectivity index (χ0n) is 9.85. The summed E-state index contributed by atoms with van der Waals surface area (Å²) in [7, 11) is 0. The van der Waals surface area contributed by atoms with Gasteiger partial charge in [-0.2, -0.15) is 0 Å². The molecule has 0 aliphatic rings. The molecule has 90 valence electrons. The molecule has 0 radical (unpaired) electrons. The predicted molar refractivity (Wildman–Crippen MR) is 67.6 cm³/mol. The normalized spacial score (nSPS) is 10.6. The van der Waals surface area contributed by atoms with Gasteiger partial charge in [0.25, 0.3) is 0 Å². The van der Waals surface area contributed by atoms with Crippen molar-refractivity contribution in [3.63, 3.8) is 0 Å². The number of carbonyl (C=O) groups is 1. The van der Waals surface area contributed by atoms with Gasteiger partial charge in [0.1, 0.15) is 0 Å². The maximum Gasteiger partial charge on any atom is 0.307 e. The van der Waals surface area contributed by atoms with Crippen molar-refractivity contribution in [2.75, 3.05) is 12.3 Å². The molecule has 0 saturated heterocycles. The van der Waals surface area contributed by atoms with Crippen LogP contribution in [0.1, 0.15) is 13.3 Å². The molecule has 2 aromatic rings. The van der Waals surface area contributed by atoms with E-state index in [9.17, 15) is 4.79 Å². The number of nitrogen functional groups attached to an aromatic ring is 1. The van der Waals surface area contributed by atoms with Gasteiger partial charge in [-0.3, -0.25) is 4.79 Å². The number of fused-ring (bicyclic) bond motifs is 1. The van der Waals surface area contributed by atoms with Gasteiger partial charge < -0.3 is 15.0 Å². The SMILES string of the molecule is CCOC(=O)CCn1ccc2ccc(N)cc21. The highest BCUT2D eigenvalue weighted by Gasteiger charge is 2.05. The number of hydrogen-bond acceptors (Lipinski definition) is 3. The van der Waals surface area contributed by atoms with Gasteiger partial charge in [0, 0.05) is 18.4 Å². The number of carbonyl (C=O) groups excluding carboxylic acids is 1. The third-order valence-corrected chi connectivity index (χ3v) is 2.66. The van der Waals surface area contributed by atoms with Gasteiger partial charge in [-0.25, -0.2) is 0 Å². The Kier molecular flexibility index (Phi) is 3.32. The van der Waals surface area contributed by atoms with Crippen LogP contribution in [0.4, 0.5) is 5.69 Å². The first-order valence-electron chi connectivity index (χ1n) is 5.70. The Bertz CT molecular complexity index is 531. The van der Waals surface area contributed by atoms with Crippen molar-refractivity contribution in [3.8, 4) is 0 Å². The lowest BCUT2D eigenvalue weighted by Gasteiger charge is -2.05. The van der Waals surface area contributed by atoms with Gasteiger partial charge in [0.15, 0.2) is 0 Å². The van der Waals surface area contributed by atoms with Crippen LogP contribution in [0.15, 0.2) is 30.5 Å². The Morgan fingerprint density at radius 1 is 1.41 bits per heavy atom. The molecule has 0 amide bonds. The van der Waals surface area contributed by atoms with Crippen LogP contribution in [0.2, 0.25) is 0 Å². The van der Waals surface area contributed by atoms with Crippen LogP contribution >= 0.6 is 0 Å². The molecule has 0 aliphatic carbocycles. The summed E-state index contributed by atoms with van der Waals surface area (Å²) < 4.78 is 6.92. The summed E-state index contributed by atoms with van der Waals surface area (Å²) in [4.78, 5) is 11.3. The quantitative estimate of drug-likeness (QED) is 0.649. The average molecular weight is 232 g/mol. The predicted octanol–water partition coefficient (Wildman–Crippen LogP) is 2.18. The van der Waals surface area contributed by atoms with Crippen molar-refractivity contribution in [1.29, 1.82) is 0 Å². The molecule has 0 atom stereocenters. The number of hydrogen-bond donors (Lipinski definition) is 1. The topological polar surface area (TPSA) is 57.2 Å². The molecule has 2 N–H and O–H groups in total. The molecule has 4 heteroatoms. The fourth-order valence-electron chi connectivity index (χ4n) is 1.84. The Morgan fingerprint density at radius 3 is 3.00 bits per heavy atom.